The lowest BCUT2D eigenvalue weighted by Gasteiger charge is -2.38. The van der Waals surface area contributed by atoms with Crippen molar-refractivity contribution in [3.8, 4) is 0 Å². The summed E-state index contributed by atoms with van der Waals surface area (Å²) in [6.07, 6.45) is -0.555. The van der Waals surface area contributed by atoms with E-state index in [4.69, 9.17) is 24.0 Å². The van der Waals surface area contributed by atoms with E-state index in [9.17, 15) is 4.79 Å². The van der Waals surface area contributed by atoms with Crippen LogP contribution in [0.3, 0.4) is 0 Å². The molecule has 6 nitrogen and oxygen atoms in total. The monoisotopic (exact) mass is 306 g/mol. The third-order valence-corrected chi connectivity index (χ3v) is 3.30. The molecule has 6 heteroatoms. The maximum absolute atomic E-state index is 12.2. The van der Waals surface area contributed by atoms with Gasteiger partial charge in [-0.3, -0.25) is 4.89 Å². The zero-order valence-corrected chi connectivity index (χ0v) is 14.4. The molecule has 0 aromatic carbocycles. The fourth-order valence-corrected chi connectivity index (χ4v) is 1.61. The summed E-state index contributed by atoms with van der Waals surface area (Å²) < 4.78 is 16.2. The molecule has 1 unspecified atom stereocenters. The zero-order chi connectivity index (χ0) is 16.5. The van der Waals surface area contributed by atoms with Crippen LogP contribution in [-0.2, 0) is 28.8 Å². The van der Waals surface area contributed by atoms with Gasteiger partial charge >= 0.3 is 5.97 Å². The second-order valence-corrected chi connectivity index (χ2v) is 5.71. The van der Waals surface area contributed by atoms with Crippen LogP contribution in [0.15, 0.2) is 0 Å². The smallest absolute Gasteiger partial charge is 0.363 e. The lowest BCUT2D eigenvalue weighted by molar-refractivity contribution is -0.318. The molecule has 0 heterocycles. The minimum atomic E-state index is -1.09. The van der Waals surface area contributed by atoms with E-state index < -0.39 is 23.3 Å². The van der Waals surface area contributed by atoms with Gasteiger partial charge in [-0.25, -0.2) is 4.79 Å². The van der Waals surface area contributed by atoms with Gasteiger partial charge in [0.15, 0.2) is 11.9 Å². The number of carbonyl (C=O) groups is 1. The highest BCUT2D eigenvalue weighted by Gasteiger charge is 2.47. The van der Waals surface area contributed by atoms with E-state index in [1.807, 2.05) is 41.5 Å². The molecule has 0 N–H and O–H groups in total. The minimum absolute atomic E-state index is 0.0137. The van der Waals surface area contributed by atoms with Gasteiger partial charge in [-0.15, -0.1) is 0 Å². The Morgan fingerprint density at radius 2 is 1.48 bits per heavy atom. The zero-order valence-electron chi connectivity index (χ0n) is 14.4. The second-order valence-electron chi connectivity index (χ2n) is 5.71. The SMILES string of the molecule is CCOC(COOC(=O)C(C)(OCC)C(C)(C)C)OCC. The maximum atomic E-state index is 12.2. The molecule has 21 heavy (non-hydrogen) atoms. The van der Waals surface area contributed by atoms with Crippen molar-refractivity contribution in [3.05, 3.63) is 0 Å². The Morgan fingerprint density at radius 3 is 1.86 bits per heavy atom. The van der Waals surface area contributed by atoms with Crippen LogP contribution in [0.25, 0.3) is 0 Å². The van der Waals surface area contributed by atoms with Gasteiger partial charge in [0.05, 0.1) is 0 Å². The average molecular weight is 306 g/mol. The molecule has 1 atom stereocenters. The first kappa shape index (κ1) is 20.3. The summed E-state index contributed by atoms with van der Waals surface area (Å²) in [5.41, 5.74) is -1.52. The quantitative estimate of drug-likeness (QED) is 0.351. The van der Waals surface area contributed by atoms with Gasteiger partial charge in [-0.1, -0.05) is 20.8 Å². The molecule has 0 aromatic rings. The Kier molecular flexibility index (Phi) is 9.04. The van der Waals surface area contributed by atoms with Gasteiger partial charge in [0, 0.05) is 25.2 Å². The topological polar surface area (TPSA) is 63.2 Å². The predicted molar refractivity (Wildman–Crippen MR) is 78.6 cm³/mol. The molecule has 0 radical (unpaired) electrons. The Balaban J connectivity index is 4.51. The molecular formula is C15H30O6. The van der Waals surface area contributed by atoms with E-state index in [1.54, 1.807) is 6.92 Å². The molecule has 0 saturated carbocycles. The fraction of sp³-hybridized carbons (Fsp3) is 0.933. The van der Waals surface area contributed by atoms with E-state index >= 15 is 0 Å². The first-order valence-corrected chi connectivity index (χ1v) is 7.43. The summed E-state index contributed by atoms with van der Waals surface area (Å²) in [7, 11) is 0. The molecule has 0 bridgehead atoms. The van der Waals surface area contributed by atoms with Crippen molar-refractivity contribution >= 4 is 5.97 Å². The summed E-state index contributed by atoms with van der Waals surface area (Å²) in [6, 6.07) is 0. The maximum Gasteiger partial charge on any atom is 0.374 e. The van der Waals surface area contributed by atoms with Crippen molar-refractivity contribution in [3.63, 3.8) is 0 Å². The minimum Gasteiger partial charge on any atom is -0.363 e. The highest BCUT2D eigenvalue weighted by atomic mass is 17.2. The van der Waals surface area contributed by atoms with E-state index in [0.717, 1.165) is 0 Å². The Morgan fingerprint density at radius 1 is 0.952 bits per heavy atom. The Labute approximate surface area is 128 Å². The molecule has 0 aliphatic heterocycles. The lowest BCUT2D eigenvalue weighted by atomic mass is 9.77. The molecule has 0 amide bonds. The Bertz CT molecular complexity index is 293. The highest BCUT2D eigenvalue weighted by molar-refractivity contribution is 5.79. The number of hydrogen-bond donors (Lipinski definition) is 0. The summed E-state index contributed by atoms with van der Waals surface area (Å²) in [5.74, 6) is -0.566. The molecule has 0 fully saturated rings. The molecule has 0 rings (SSSR count). The van der Waals surface area contributed by atoms with Crippen LogP contribution < -0.4 is 0 Å². The summed E-state index contributed by atoms with van der Waals surface area (Å²) >= 11 is 0. The normalized spacial score (nSPS) is 15.0. The summed E-state index contributed by atoms with van der Waals surface area (Å²) in [4.78, 5) is 22.1. The van der Waals surface area contributed by atoms with Gasteiger partial charge in [-0.2, -0.15) is 4.89 Å². The summed E-state index contributed by atoms with van der Waals surface area (Å²) in [5, 5.41) is 0. The van der Waals surface area contributed by atoms with Gasteiger partial charge in [0.2, 0.25) is 0 Å². The highest BCUT2D eigenvalue weighted by Crippen LogP contribution is 2.34. The first-order valence-electron chi connectivity index (χ1n) is 7.43. The van der Waals surface area contributed by atoms with Crippen molar-refractivity contribution < 1.29 is 28.8 Å². The van der Waals surface area contributed by atoms with Crippen molar-refractivity contribution in [2.45, 2.75) is 60.4 Å². The number of hydrogen-bond acceptors (Lipinski definition) is 6. The Hall–Kier alpha value is -0.690. The third-order valence-electron chi connectivity index (χ3n) is 3.30. The van der Waals surface area contributed by atoms with E-state index in [-0.39, 0.29) is 6.61 Å². The average Bonchev–Trinajstić information content (AvgIpc) is 2.37. The standard InChI is InChI=1S/C15H30O6/c1-8-17-12(18-9-2)11-20-21-13(16)15(7,19-10-3)14(4,5)6/h12H,8-11H2,1-7H3. The van der Waals surface area contributed by atoms with Crippen molar-refractivity contribution in [2.24, 2.45) is 5.41 Å². The first-order chi connectivity index (χ1) is 9.72. The molecule has 126 valence electrons. The van der Waals surface area contributed by atoms with Crippen LogP contribution >= 0.6 is 0 Å². The molecule has 0 saturated heterocycles. The molecule has 0 aromatic heterocycles. The molecule has 0 aliphatic carbocycles. The van der Waals surface area contributed by atoms with Crippen LogP contribution in [-0.4, -0.2) is 44.3 Å². The second kappa shape index (κ2) is 9.35. The van der Waals surface area contributed by atoms with Crippen molar-refractivity contribution in [1.82, 2.24) is 0 Å². The van der Waals surface area contributed by atoms with Crippen LogP contribution in [0.2, 0.25) is 0 Å². The van der Waals surface area contributed by atoms with E-state index in [0.29, 0.717) is 19.8 Å². The molecule has 0 spiro atoms. The van der Waals surface area contributed by atoms with Crippen LogP contribution in [0.4, 0.5) is 0 Å². The van der Waals surface area contributed by atoms with Crippen LogP contribution in [0.1, 0.15) is 48.5 Å². The van der Waals surface area contributed by atoms with E-state index in [2.05, 4.69) is 0 Å². The van der Waals surface area contributed by atoms with Gasteiger partial charge in [-0.05, 0) is 27.7 Å². The van der Waals surface area contributed by atoms with Gasteiger partial charge in [0.25, 0.3) is 0 Å². The van der Waals surface area contributed by atoms with Gasteiger partial charge in [0.1, 0.15) is 6.61 Å². The van der Waals surface area contributed by atoms with Crippen LogP contribution in [0, 0.1) is 5.41 Å². The third kappa shape index (κ3) is 6.30. The molecule has 0 aliphatic rings. The summed E-state index contributed by atoms with van der Waals surface area (Å²) in [6.45, 7) is 14.4. The van der Waals surface area contributed by atoms with Crippen molar-refractivity contribution in [2.75, 3.05) is 26.4 Å². The number of carbonyl (C=O) groups excluding carboxylic acids is 1. The fourth-order valence-electron chi connectivity index (χ4n) is 1.61. The van der Waals surface area contributed by atoms with Gasteiger partial charge < -0.3 is 14.2 Å². The largest absolute Gasteiger partial charge is 0.374 e. The lowest BCUT2D eigenvalue weighted by Crippen LogP contribution is -2.50. The van der Waals surface area contributed by atoms with E-state index in [1.165, 1.54) is 0 Å². The molecular weight excluding hydrogens is 276 g/mol. The number of ether oxygens (including phenoxy) is 3. The van der Waals surface area contributed by atoms with Crippen LogP contribution in [0.5, 0.6) is 0 Å². The number of rotatable bonds is 10. The van der Waals surface area contributed by atoms with Crippen molar-refractivity contribution in [1.29, 1.82) is 0 Å². The predicted octanol–water partition coefficient (Wildman–Crippen LogP) is 2.70.